The van der Waals surface area contributed by atoms with Gasteiger partial charge in [-0.25, -0.2) is 12.8 Å². The second kappa shape index (κ2) is 7.13. The van der Waals surface area contributed by atoms with E-state index < -0.39 is 27.6 Å². The summed E-state index contributed by atoms with van der Waals surface area (Å²) in [6, 6.07) is 10.2. The lowest BCUT2D eigenvalue weighted by Crippen LogP contribution is -2.28. The number of halogens is 1. The van der Waals surface area contributed by atoms with E-state index in [9.17, 15) is 17.6 Å². The van der Waals surface area contributed by atoms with Crippen LogP contribution < -0.4 is 5.32 Å². The summed E-state index contributed by atoms with van der Waals surface area (Å²) in [5, 5.41) is 2.73. The highest BCUT2D eigenvalue weighted by molar-refractivity contribution is 7.90. The van der Waals surface area contributed by atoms with Gasteiger partial charge in [-0.15, -0.1) is 0 Å². The molecule has 2 aromatic carbocycles. The summed E-state index contributed by atoms with van der Waals surface area (Å²) in [5.74, 6) is -0.820. The number of aryl methyl sites for hydroxylation is 1. The van der Waals surface area contributed by atoms with Crippen LogP contribution in [0.2, 0.25) is 0 Å². The number of carbonyl (C=O) groups excluding carboxylic acids is 1. The zero-order valence-corrected chi connectivity index (χ0v) is 14.7. The Balaban J connectivity index is 2.34. The Morgan fingerprint density at radius 1 is 1.21 bits per heavy atom. The van der Waals surface area contributed by atoms with Crippen LogP contribution >= 0.6 is 0 Å². The van der Waals surface area contributed by atoms with E-state index in [4.69, 9.17) is 0 Å². The maximum atomic E-state index is 13.8. The van der Waals surface area contributed by atoms with E-state index in [2.05, 4.69) is 5.32 Å². The predicted octanol–water partition coefficient (Wildman–Crippen LogP) is 3.28. The third-order valence-electron chi connectivity index (χ3n) is 3.85. The fourth-order valence-corrected chi connectivity index (χ4v) is 3.13. The zero-order valence-electron chi connectivity index (χ0n) is 13.8. The van der Waals surface area contributed by atoms with Crippen LogP contribution in [0.4, 0.5) is 4.39 Å². The molecular formula is C18H20FNO3S. The summed E-state index contributed by atoms with van der Waals surface area (Å²) in [7, 11) is -3.41. The minimum absolute atomic E-state index is 0.0865. The van der Waals surface area contributed by atoms with Gasteiger partial charge in [-0.2, -0.15) is 0 Å². The molecule has 0 heterocycles. The third-order valence-corrected chi connectivity index (χ3v) is 4.96. The second-order valence-electron chi connectivity index (χ2n) is 5.66. The molecule has 0 spiro atoms. The molecule has 2 aromatic rings. The van der Waals surface area contributed by atoms with Crippen molar-refractivity contribution in [3.8, 4) is 0 Å². The molecule has 0 fully saturated rings. The van der Waals surface area contributed by atoms with Gasteiger partial charge in [0.1, 0.15) is 5.82 Å². The predicted molar refractivity (Wildman–Crippen MR) is 91.2 cm³/mol. The fraction of sp³-hybridized carbons (Fsp3) is 0.278. The molecule has 0 saturated carbocycles. The Morgan fingerprint density at radius 2 is 1.88 bits per heavy atom. The van der Waals surface area contributed by atoms with Gasteiger partial charge in [0, 0.05) is 17.4 Å². The average molecular weight is 349 g/mol. The van der Waals surface area contributed by atoms with Gasteiger partial charge in [-0.1, -0.05) is 31.2 Å². The minimum Gasteiger partial charge on any atom is -0.345 e. The van der Waals surface area contributed by atoms with E-state index >= 15 is 0 Å². The van der Waals surface area contributed by atoms with Crippen molar-refractivity contribution in [2.24, 2.45) is 0 Å². The number of nitrogens with one attached hydrogen (secondary N) is 1. The van der Waals surface area contributed by atoms with Gasteiger partial charge in [0.25, 0.3) is 5.91 Å². The maximum Gasteiger partial charge on any atom is 0.252 e. The van der Waals surface area contributed by atoms with Crippen molar-refractivity contribution in [2.45, 2.75) is 31.2 Å². The molecule has 1 N–H and O–H groups in total. The highest BCUT2D eigenvalue weighted by atomic mass is 32.2. The summed E-state index contributed by atoms with van der Waals surface area (Å²) in [5.41, 5.74) is 1.41. The highest BCUT2D eigenvalue weighted by Crippen LogP contribution is 2.20. The highest BCUT2D eigenvalue weighted by Gasteiger charge is 2.18. The summed E-state index contributed by atoms with van der Waals surface area (Å²) in [4.78, 5) is 12.7. The second-order valence-corrected chi connectivity index (χ2v) is 7.68. The first kappa shape index (κ1) is 18.1. The number of amides is 1. The SMILES string of the molecule is CCc1ccc(S(C)(=O)=O)cc1C(=O)N[C@H](C)c1ccccc1F. The minimum atomic E-state index is -3.41. The van der Waals surface area contributed by atoms with Gasteiger partial charge in [-0.3, -0.25) is 4.79 Å². The van der Waals surface area contributed by atoms with Crippen LogP contribution in [0, 0.1) is 5.82 Å². The molecule has 1 amide bonds. The van der Waals surface area contributed by atoms with Crippen molar-refractivity contribution in [2.75, 3.05) is 6.26 Å². The molecule has 4 nitrogen and oxygen atoms in total. The molecule has 0 unspecified atom stereocenters. The first-order valence-electron chi connectivity index (χ1n) is 7.62. The quantitative estimate of drug-likeness (QED) is 0.901. The van der Waals surface area contributed by atoms with Crippen LogP contribution in [0.5, 0.6) is 0 Å². The Labute approximate surface area is 141 Å². The summed E-state index contributed by atoms with van der Waals surface area (Å²) in [6.07, 6.45) is 1.68. The number of rotatable bonds is 5. The number of hydrogen-bond acceptors (Lipinski definition) is 3. The summed E-state index contributed by atoms with van der Waals surface area (Å²) >= 11 is 0. The molecule has 0 aliphatic heterocycles. The van der Waals surface area contributed by atoms with Crippen molar-refractivity contribution in [1.82, 2.24) is 5.32 Å². The first-order chi connectivity index (χ1) is 11.2. The fourth-order valence-electron chi connectivity index (χ4n) is 2.48. The third kappa shape index (κ3) is 4.00. The van der Waals surface area contributed by atoms with E-state index in [0.717, 1.165) is 11.8 Å². The van der Waals surface area contributed by atoms with Crippen LogP contribution in [0.1, 0.15) is 41.4 Å². The number of sulfone groups is 1. The van der Waals surface area contributed by atoms with Gasteiger partial charge >= 0.3 is 0 Å². The van der Waals surface area contributed by atoms with Gasteiger partial charge in [-0.05, 0) is 37.1 Å². The van der Waals surface area contributed by atoms with Crippen molar-refractivity contribution in [1.29, 1.82) is 0 Å². The average Bonchev–Trinajstić information content (AvgIpc) is 2.53. The maximum absolute atomic E-state index is 13.8. The van der Waals surface area contributed by atoms with Crippen LogP contribution in [0.25, 0.3) is 0 Å². The van der Waals surface area contributed by atoms with E-state index in [1.54, 1.807) is 31.2 Å². The Bertz CT molecular complexity index is 862. The van der Waals surface area contributed by atoms with Crippen molar-refractivity contribution in [3.05, 3.63) is 65.0 Å². The Hall–Kier alpha value is -2.21. The lowest BCUT2D eigenvalue weighted by Gasteiger charge is -2.17. The van der Waals surface area contributed by atoms with Crippen molar-refractivity contribution >= 4 is 15.7 Å². The van der Waals surface area contributed by atoms with Gasteiger partial charge < -0.3 is 5.32 Å². The Kier molecular flexibility index (Phi) is 5.39. The lowest BCUT2D eigenvalue weighted by atomic mass is 10.0. The normalized spacial score (nSPS) is 12.7. The van der Waals surface area contributed by atoms with Crippen molar-refractivity contribution < 1.29 is 17.6 Å². The monoisotopic (exact) mass is 349 g/mol. The molecule has 0 aromatic heterocycles. The number of carbonyl (C=O) groups is 1. The molecule has 0 saturated heterocycles. The van der Waals surface area contributed by atoms with Gasteiger partial charge in [0.2, 0.25) is 0 Å². The molecule has 0 aliphatic rings. The molecule has 6 heteroatoms. The molecule has 0 bridgehead atoms. The van der Waals surface area contributed by atoms with Crippen LogP contribution in [-0.4, -0.2) is 20.6 Å². The number of hydrogen-bond donors (Lipinski definition) is 1. The molecule has 24 heavy (non-hydrogen) atoms. The number of benzene rings is 2. The molecule has 1 atom stereocenters. The first-order valence-corrected chi connectivity index (χ1v) is 9.51. The van der Waals surface area contributed by atoms with Gasteiger partial charge in [0.15, 0.2) is 9.84 Å². The lowest BCUT2D eigenvalue weighted by molar-refractivity contribution is 0.0938. The molecule has 0 aliphatic carbocycles. The van der Waals surface area contributed by atoms with E-state index in [0.29, 0.717) is 17.5 Å². The van der Waals surface area contributed by atoms with E-state index in [1.165, 1.54) is 18.2 Å². The smallest absolute Gasteiger partial charge is 0.252 e. The topological polar surface area (TPSA) is 63.2 Å². The molecule has 128 valence electrons. The summed E-state index contributed by atoms with van der Waals surface area (Å²) < 4.78 is 37.3. The van der Waals surface area contributed by atoms with Crippen LogP contribution in [0.15, 0.2) is 47.4 Å². The standard InChI is InChI=1S/C18H20FNO3S/c1-4-13-9-10-14(24(3,22)23)11-16(13)18(21)20-12(2)15-7-5-6-8-17(15)19/h5-12H,4H2,1-3H3,(H,20,21)/t12-/m1/s1. The van der Waals surface area contributed by atoms with Crippen LogP contribution in [0.3, 0.4) is 0 Å². The van der Waals surface area contributed by atoms with Crippen molar-refractivity contribution in [3.63, 3.8) is 0 Å². The molecular weight excluding hydrogens is 329 g/mol. The summed E-state index contributed by atoms with van der Waals surface area (Å²) in [6.45, 7) is 3.56. The zero-order chi connectivity index (χ0) is 17.9. The molecule has 0 radical (unpaired) electrons. The molecule has 2 rings (SSSR count). The van der Waals surface area contributed by atoms with E-state index in [1.807, 2.05) is 6.92 Å². The largest absolute Gasteiger partial charge is 0.345 e. The van der Waals surface area contributed by atoms with E-state index in [-0.39, 0.29) is 4.90 Å². The van der Waals surface area contributed by atoms with Crippen LogP contribution in [-0.2, 0) is 16.3 Å². The van der Waals surface area contributed by atoms with Gasteiger partial charge in [0.05, 0.1) is 10.9 Å². The Morgan fingerprint density at radius 3 is 2.46 bits per heavy atom.